The van der Waals surface area contributed by atoms with E-state index in [1.807, 2.05) is 0 Å². The van der Waals surface area contributed by atoms with Crippen LogP contribution in [0.5, 0.6) is 0 Å². The number of rotatable bonds is 3. The van der Waals surface area contributed by atoms with Gasteiger partial charge in [0.05, 0.1) is 6.61 Å². The van der Waals surface area contributed by atoms with Crippen molar-refractivity contribution >= 4 is 11.9 Å². The van der Waals surface area contributed by atoms with Crippen molar-refractivity contribution < 1.29 is 22.7 Å². The molecule has 116 valence electrons. The van der Waals surface area contributed by atoms with E-state index in [1.54, 1.807) is 6.92 Å². The molecule has 0 aliphatic carbocycles. The van der Waals surface area contributed by atoms with Crippen LogP contribution < -0.4 is 4.90 Å². The molecule has 1 aliphatic heterocycles. The molecule has 0 N–H and O–H groups in total. The number of hydrogen-bond donors (Lipinski definition) is 0. The molecular weight excluding hydrogens is 287 g/mol. The smallest absolute Gasteiger partial charge is 0.433 e. The zero-order valence-electron chi connectivity index (χ0n) is 11.6. The van der Waals surface area contributed by atoms with E-state index in [9.17, 15) is 18.0 Å². The van der Waals surface area contributed by atoms with Crippen molar-refractivity contribution in [3.8, 4) is 0 Å². The zero-order chi connectivity index (χ0) is 15.5. The van der Waals surface area contributed by atoms with Gasteiger partial charge < -0.3 is 9.64 Å². The summed E-state index contributed by atoms with van der Waals surface area (Å²) in [6, 6.07) is 0.189. The van der Waals surface area contributed by atoms with E-state index in [4.69, 9.17) is 4.74 Å². The Hall–Kier alpha value is -1.86. The zero-order valence-corrected chi connectivity index (χ0v) is 11.6. The van der Waals surface area contributed by atoms with Gasteiger partial charge in [-0.05, 0) is 32.3 Å². The molecule has 2 heterocycles. The number of esters is 1. The van der Waals surface area contributed by atoms with Crippen molar-refractivity contribution in [2.24, 2.45) is 0 Å². The Labute approximate surface area is 120 Å². The van der Waals surface area contributed by atoms with Gasteiger partial charge >= 0.3 is 12.1 Å². The number of piperidine rings is 1. The Morgan fingerprint density at radius 3 is 2.90 bits per heavy atom. The minimum absolute atomic E-state index is 0.0809. The molecule has 1 aliphatic rings. The number of alkyl halides is 3. The van der Waals surface area contributed by atoms with Crippen LogP contribution in [0.2, 0.25) is 0 Å². The fourth-order valence-electron chi connectivity index (χ4n) is 2.30. The van der Waals surface area contributed by atoms with Crippen molar-refractivity contribution in [1.29, 1.82) is 0 Å². The van der Waals surface area contributed by atoms with Crippen molar-refractivity contribution in [1.82, 2.24) is 9.97 Å². The molecule has 0 saturated carbocycles. The SMILES string of the molecule is CCOC(=O)C1CCCCN1c1nccc(C(F)(F)F)n1. The van der Waals surface area contributed by atoms with Crippen LogP contribution in [0.25, 0.3) is 0 Å². The first-order chi connectivity index (χ1) is 9.93. The number of halogens is 3. The molecule has 1 unspecified atom stereocenters. The Kier molecular flexibility index (Phi) is 4.64. The van der Waals surface area contributed by atoms with E-state index in [-0.39, 0.29) is 12.6 Å². The number of carbonyl (C=O) groups excluding carboxylic acids is 1. The van der Waals surface area contributed by atoms with Gasteiger partial charge in [0, 0.05) is 12.7 Å². The second-order valence-corrected chi connectivity index (χ2v) is 4.70. The fourth-order valence-corrected chi connectivity index (χ4v) is 2.30. The van der Waals surface area contributed by atoms with Gasteiger partial charge in [-0.1, -0.05) is 0 Å². The summed E-state index contributed by atoms with van der Waals surface area (Å²) >= 11 is 0. The van der Waals surface area contributed by atoms with Gasteiger partial charge in [-0.2, -0.15) is 13.2 Å². The third-order valence-corrected chi connectivity index (χ3v) is 3.25. The third kappa shape index (κ3) is 3.62. The maximum absolute atomic E-state index is 12.7. The molecule has 8 heteroatoms. The normalized spacial score (nSPS) is 19.4. The summed E-state index contributed by atoms with van der Waals surface area (Å²) in [7, 11) is 0. The van der Waals surface area contributed by atoms with Crippen LogP contribution in [-0.2, 0) is 15.7 Å². The number of carbonyl (C=O) groups is 1. The van der Waals surface area contributed by atoms with Crippen molar-refractivity contribution in [3.05, 3.63) is 18.0 Å². The number of anilines is 1. The minimum atomic E-state index is -4.53. The first-order valence-electron chi connectivity index (χ1n) is 6.77. The molecule has 5 nitrogen and oxygen atoms in total. The highest BCUT2D eigenvalue weighted by atomic mass is 19.4. The maximum Gasteiger partial charge on any atom is 0.433 e. The van der Waals surface area contributed by atoms with Crippen LogP contribution in [0.3, 0.4) is 0 Å². The van der Waals surface area contributed by atoms with Crippen molar-refractivity contribution in [2.75, 3.05) is 18.1 Å². The minimum Gasteiger partial charge on any atom is -0.464 e. The predicted molar refractivity (Wildman–Crippen MR) is 68.7 cm³/mol. The Balaban J connectivity index is 2.27. The lowest BCUT2D eigenvalue weighted by Crippen LogP contribution is -2.46. The first-order valence-corrected chi connectivity index (χ1v) is 6.77. The monoisotopic (exact) mass is 303 g/mol. The van der Waals surface area contributed by atoms with Gasteiger partial charge in [-0.3, -0.25) is 0 Å². The maximum atomic E-state index is 12.7. The lowest BCUT2D eigenvalue weighted by atomic mass is 10.0. The molecule has 1 fully saturated rings. The van der Waals surface area contributed by atoms with E-state index >= 15 is 0 Å². The van der Waals surface area contributed by atoms with Crippen LogP contribution in [-0.4, -0.2) is 35.1 Å². The van der Waals surface area contributed by atoms with E-state index in [0.29, 0.717) is 13.0 Å². The van der Waals surface area contributed by atoms with Gasteiger partial charge in [0.15, 0.2) is 0 Å². The summed E-state index contributed by atoms with van der Waals surface area (Å²) in [6.07, 6.45) is -1.36. The van der Waals surface area contributed by atoms with Crippen LogP contribution in [0.1, 0.15) is 31.9 Å². The van der Waals surface area contributed by atoms with Crippen LogP contribution >= 0.6 is 0 Å². The highest BCUT2D eigenvalue weighted by molar-refractivity contribution is 5.79. The lowest BCUT2D eigenvalue weighted by molar-refractivity contribution is -0.145. The molecule has 1 aromatic rings. The Morgan fingerprint density at radius 2 is 2.24 bits per heavy atom. The lowest BCUT2D eigenvalue weighted by Gasteiger charge is -2.34. The summed E-state index contributed by atoms with van der Waals surface area (Å²) < 4.78 is 43.1. The van der Waals surface area contributed by atoms with Crippen molar-refractivity contribution in [3.63, 3.8) is 0 Å². The average molecular weight is 303 g/mol. The highest BCUT2D eigenvalue weighted by Gasteiger charge is 2.36. The molecule has 0 amide bonds. The molecule has 2 rings (SSSR count). The molecule has 0 bridgehead atoms. The van der Waals surface area contributed by atoms with Crippen LogP contribution in [0.15, 0.2) is 12.3 Å². The molecular formula is C13H16F3N3O2. The van der Waals surface area contributed by atoms with Crippen LogP contribution in [0.4, 0.5) is 19.1 Å². The first kappa shape index (κ1) is 15.5. The van der Waals surface area contributed by atoms with E-state index in [1.165, 1.54) is 4.90 Å². The Morgan fingerprint density at radius 1 is 1.48 bits per heavy atom. The molecule has 1 atom stereocenters. The largest absolute Gasteiger partial charge is 0.464 e. The number of ether oxygens (including phenoxy) is 1. The second kappa shape index (κ2) is 6.28. The van der Waals surface area contributed by atoms with E-state index < -0.39 is 23.9 Å². The summed E-state index contributed by atoms with van der Waals surface area (Å²) in [6.45, 7) is 2.35. The summed E-state index contributed by atoms with van der Waals surface area (Å²) in [5, 5.41) is 0. The van der Waals surface area contributed by atoms with Gasteiger partial charge in [0.1, 0.15) is 11.7 Å². The summed E-state index contributed by atoms with van der Waals surface area (Å²) in [5.74, 6) is -0.527. The highest BCUT2D eigenvalue weighted by Crippen LogP contribution is 2.29. The number of hydrogen-bond acceptors (Lipinski definition) is 5. The van der Waals surface area contributed by atoms with E-state index in [0.717, 1.165) is 25.1 Å². The third-order valence-electron chi connectivity index (χ3n) is 3.25. The molecule has 0 spiro atoms. The average Bonchev–Trinajstić information content (AvgIpc) is 2.47. The standard InChI is InChI=1S/C13H16F3N3O2/c1-2-21-11(20)9-5-3-4-8-19(9)12-17-7-6-10(18-12)13(14,15)16/h6-7,9H,2-5,8H2,1H3. The van der Waals surface area contributed by atoms with E-state index in [2.05, 4.69) is 9.97 Å². The molecule has 0 radical (unpaired) electrons. The van der Waals surface area contributed by atoms with Crippen molar-refractivity contribution in [2.45, 2.75) is 38.4 Å². The number of aromatic nitrogens is 2. The van der Waals surface area contributed by atoms with Gasteiger partial charge in [0.2, 0.25) is 5.95 Å². The van der Waals surface area contributed by atoms with Gasteiger partial charge in [0.25, 0.3) is 0 Å². The van der Waals surface area contributed by atoms with Gasteiger partial charge in [-0.15, -0.1) is 0 Å². The summed E-state index contributed by atoms with van der Waals surface area (Å²) in [4.78, 5) is 20.8. The second-order valence-electron chi connectivity index (χ2n) is 4.70. The number of nitrogens with zero attached hydrogens (tertiary/aromatic N) is 3. The topological polar surface area (TPSA) is 55.3 Å². The Bertz CT molecular complexity index is 508. The quantitative estimate of drug-likeness (QED) is 0.803. The predicted octanol–water partition coefficient (Wildman–Crippen LogP) is 2.42. The fraction of sp³-hybridized carbons (Fsp3) is 0.615. The summed E-state index contributed by atoms with van der Waals surface area (Å²) in [5.41, 5.74) is -1.01. The molecule has 21 heavy (non-hydrogen) atoms. The molecule has 0 aromatic carbocycles. The molecule has 1 aromatic heterocycles. The molecule has 1 saturated heterocycles. The van der Waals surface area contributed by atoms with Crippen LogP contribution in [0, 0.1) is 0 Å². The van der Waals surface area contributed by atoms with Gasteiger partial charge in [-0.25, -0.2) is 14.8 Å².